The van der Waals surface area contributed by atoms with E-state index in [1.165, 1.54) is 5.56 Å². The number of fused-ring (bicyclic) bond motifs is 1. The molecule has 1 aromatic carbocycles. The summed E-state index contributed by atoms with van der Waals surface area (Å²) in [5, 5.41) is 0. The van der Waals surface area contributed by atoms with E-state index in [4.69, 9.17) is 0 Å². The van der Waals surface area contributed by atoms with Crippen molar-refractivity contribution in [3.63, 3.8) is 0 Å². The molecule has 0 aromatic heterocycles. The van der Waals surface area contributed by atoms with E-state index in [1.54, 1.807) is 4.46 Å². The molecule has 74 valence electrons. The Morgan fingerprint density at radius 2 is 1.86 bits per heavy atom. The van der Waals surface area contributed by atoms with Gasteiger partial charge in [-0.2, -0.15) is 0 Å². The molecule has 0 aliphatic carbocycles. The van der Waals surface area contributed by atoms with Crippen molar-refractivity contribution < 1.29 is 0 Å². The van der Waals surface area contributed by atoms with Gasteiger partial charge in [0.15, 0.2) is 0 Å². The van der Waals surface area contributed by atoms with Gasteiger partial charge in [0.25, 0.3) is 0 Å². The van der Waals surface area contributed by atoms with Crippen LogP contribution >= 0.6 is 0 Å². The summed E-state index contributed by atoms with van der Waals surface area (Å²) in [5.41, 5.74) is 1.83. The molecule has 0 bridgehead atoms. The summed E-state index contributed by atoms with van der Waals surface area (Å²) < 4.78 is 1.56. The second-order valence-electron chi connectivity index (χ2n) is 4.80. The van der Waals surface area contributed by atoms with Crippen molar-refractivity contribution in [3.05, 3.63) is 35.9 Å². The summed E-state index contributed by atoms with van der Waals surface area (Å²) >= 11 is 0.601. The maximum absolute atomic E-state index is 2.39. The Morgan fingerprint density at radius 3 is 2.57 bits per heavy atom. The minimum absolute atomic E-state index is 0.407. The van der Waals surface area contributed by atoms with Gasteiger partial charge in [0, 0.05) is 0 Å². The van der Waals surface area contributed by atoms with Gasteiger partial charge in [0.05, 0.1) is 0 Å². The Hall–Kier alpha value is -0.521. The first-order valence-corrected chi connectivity index (χ1v) is 6.86. The van der Waals surface area contributed by atoms with Crippen LogP contribution in [0.25, 0.3) is 6.08 Å². The summed E-state index contributed by atoms with van der Waals surface area (Å²) in [6.45, 7) is 6.99. The molecular weight excluding hydrogens is 235 g/mol. The number of benzene rings is 1. The minimum atomic E-state index is 0.407. The molecule has 14 heavy (non-hydrogen) atoms. The van der Waals surface area contributed by atoms with Gasteiger partial charge in [0.2, 0.25) is 0 Å². The summed E-state index contributed by atoms with van der Waals surface area (Å²) in [4.78, 5) is 0.741. The van der Waals surface area contributed by atoms with Crippen LogP contribution < -0.4 is 4.46 Å². The van der Waals surface area contributed by atoms with Gasteiger partial charge in [0.1, 0.15) is 0 Å². The zero-order valence-corrected chi connectivity index (χ0v) is 10.7. The average molecular weight is 251 g/mol. The molecule has 0 nitrogen and oxygen atoms in total. The van der Waals surface area contributed by atoms with Crippen molar-refractivity contribution in [3.8, 4) is 0 Å². The summed E-state index contributed by atoms with van der Waals surface area (Å²) in [5.74, 6) is 0. The van der Waals surface area contributed by atoms with Crippen LogP contribution in [0.1, 0.15) is 26.3 Å². The SMILES string of the molecule is CC(C)(C)C1C=Cc2ccccc2[Se]1. The van der Waals surface area contributed by atoms with Crippen LogP contribution in [0.2, 0.25) is 4.82 Å². The van der Waals surface area contributed by atoms with E-state index in [1.807, 2.05) is 0 Å². The Kier molecular flexibility index (Phi) is 2.55. The number of hydrogen-bond acceptors (Lipinski definition) is 0. The van der Waals surface area contributed by atoms with Crippen LogP contribution in [0, 0.1) is 5.41 Å². The van der Waals surface area contributed by atoms with E-state index < -0.39 is 0 Å². The predicted octanol–water partition coefficient (Wildman–Crippen LogP) is 2.88. The maximum atomic E-state index is 2.39. The van der Waals surface area contributed by atoms with Gasteiger partial charge in [-0.15, -0.1) is 0 Å². The molecule has 1 unspecified atom stereocenters. The fourth-order valence-corrected chi connectivity index (χ4v) is 4.10. The average Bonchev–Trinajstić information content (AvgIpc) is 2.16. The molecule has 1 aliphatic rings. The zero-order valence-electron chi connectivity index (χ0n) is 8.95. The van der Waals surface area contributed by atoms with Gasteiger partial charge in [-0.05, 0) is 0 Å². The molecule has 0 spiro atoms. The molecule has 0 saturated carbocycles. The van der Waals surface area contributed by atoms with Crippen LogP contribution in [-0.4, -0.2) is 15.0 Å². The van der Waals surface area contributed by atoms with Crippen LogP contribution in [0.15, 0.2) is 30.3 Å². The molecule has 1 atom stereocenters. The van der Waals surface area contributed by atoms with Crippen molar-refractivity contribution in [2.75, 3.05) is 0 Å². The van der Waals surface area contributed by atoms with E-state index in [9.17, 15) is 0 Å². The normalized spacial score (nSPS) is 20.6. The molecule has 0 radical (unpaired) electrons. The van der Waals surface area contributed by atoms with Crippen molar-refractivity contribution in [1.82, 2.24) is 0 Å². The summed E-state index contributed by atoms with van der Waals surface area (Å²) in [6, 6.07) is 8.76. The molecule has 1 heterocycles. The summed E-state index contributed by atoms with van der Waals surface area (Å²) in [6.07, 6.45) is 4.68. The van der Waals surface area contributed by atoms with Crippen molar-refractivity contribution in [1.29, 1.82) is 0 Å². The predicted molar refractivity (Wildman–Crippen MR) is 64.1 cm³/mol. The van der Waals surface area contributed by atoms with E-state index in [-0.39, 0.29) is 0 Å². The van der Waals surface area contributed by atoms with Crippen LogP contribution in [-0.2, 0) is 0 Å². The van der Waals surface area contributed by atoms with Gasteiger partial charge in [-0.25, -0.2) is 0 Å². The molecule has 1 heteroatoms. The second-order valence-corrected chi connectivity index (χ2v) is 7.28. The Morgan fingerprint density at radius 1 is 1.14 bits per heavy atom. The fraction of sp³-hybridized carbons (Fsp3) is 0.385. The van der Waals surface area contributed by atoms with Crippen LogP contribution in [0.5, 0.6) is 0 Å². The Labute approximate surface area is 92.6 Å². The van der Waals surface area contributed by atoms with E-state index in [0.717, 1.165) is 4.82 Å². The zero-order chi connectivity index (χ0) is 10.2. The topological polar surface area (TPSA) is 0 Å². The quantitative estimate of drug-likeness (QED) is 0.622. The van der Waals surface area contributed by atoms with Crippen molar-refractivity contribution in [2.24, 2.45) is 5.41 Å². The van der Waals surface area contributed by atoms with Crippen molar-refractivity contribution in [2.45, 2.75) is 25.6 Å². The third-order valence-electron chi connectivity index (χ3n) is 2.48. The molecule has 1 aromatic rings. The molecule has 0 fully saturated rings. The fourth-order valence-electron chi connectivity index (χ4n) is 1.56. The molecule has 0 saturated heterocycles. The standard InChI is InChI=1S/C13H16Se/c1-13(2,3)12-9-8-10-6-4-5-7-11(10)14-12/h4-9,12H,1-3H3. The first kappa shape index (κ1) is 10.0. The molecule has 1 aliphatic heterocycles. The molecule has 0 amide bonds. The third kappa shape index (κ3) is 1.94. The third-order valence-corrected chi connectivity index (χ3v) is 6.14. The Bertz CT molecular complexity index is 358. The Balaban J connectivity index is 2.30. The van der Waals surface area contributed by atoms with Gasteiger partial charge < -0.3 is 0 Å². The first-order chi connectivity index (χ1) is 6.57. The molecule has 2 rings (SSSR count). The van der Waals surface area contributed by atoms with Gasteiger partial charge in [-0.1, -0.05) is 0 Å². The summed E-state index contributed by atoms with van der Waals surface area (Å²) in [7, 11) is 0. The number of hydrogen-bond donors (Lipinski definition) is 0. The number of rotatable bonds is 0. The van der Waals surface area contributed by atoms with Crippen LogP contribution in [0.3, 0.4) is 0 Å². The van der Waals surface area contributed by atoms with Gasteiger partial charge in [-0.3, -0.25) is 0 Å². The van der Waals surface area contributed by atoms with Crippen molar-refractivity contribution >= 4 is 25.5 Å². The van der Waals surface area contributed by atoms with Crippen LogP contribution in [0.4, 0.5) is 0 Å². The molecule has 0 N–H and O–H groups in total. The van der Waals surface area contributed by atoms with E-state index in [0.29, 0.717) is 20.4 Å². The number of allylic oxidation sites excluding steroid dienone is 1. The van der Waals surface area contributed by atoms with E-state index >= 15 is 0 Å². The monoisotopic (exact) mass is 252 g/mol. The first-order valence-electron chi connectivity index (χ1n) is 5.01. The van der Waals surface area contributed by atoms with E-state index in [2.05, 4.69) is 57.2 Å². The second kappa shape index (κ2) is 3.56. The molecular formula is C13H16Se. The van der Waals surface area contributed by atoms with Gasteiger partial charge >= 0.3 is 92.4 Å².